The van der Waals surface area contributed by atoms with Gasteiger partial charge in [0.1, 0.15) is 6.17 Å². The molecule has 0 aromatic rings. The van der Waals surface area contributed by atoms with Gasteiger partial charge >= 0.3 is 5.97 Å². The Morgan fingerprint density at radius 1 is 1.68 bits per heavy atom. The van der Waals surface area contributed by atoms with Crippen molar-refractivity contribution in [2.45, 2.75) is 25.1 Å². The third kappa shape index (κ3) is 2.63. The highest BCUT2D eigenvalue weighted by atomic mass is 32.1. The van der Waals surface area contributed by atoms with Crippen LogP contribution in [0.25, 0.3) is 0 Å². The van der Waals surface area contributed by atoms with Crippen molar-refractivity contribution in [1.82, 2.24) is 4.90 Å². The number of esters is 1. The molecule has 0 saturated carbocycles. The molecule has 0 aromatic carbocycles. The normalized spacial score (nSPS) is 24.5. The number of methoxy groups -OCH3 is 1. The lowest BCUT2D eigenvalue weighted by Gasteiger charge is -2.31. The first-order valence-corrected chi connectivity index (χ1v) is 6.47. The molecule has 104 valence electrons. The van der Waals surface area contributed by atoms with Gasteiger partial charge in [-0.05, 0) is 5.57 Å². The second kappa shape index (κ2) is 5.69. The average Bonchev–Trinajstić information content (AvgIpc) is 2.73. The van der Waals surface area contributed by atoms with E-state index in [1.165, 1.54) is 12.0 Å². The SMILES string of the molecule is COC(=O)[C@H](C1=CC=CCC1F)N1CCC(S)=C1O. The van der Waals surface area contributed by atoms with E-state index in [2.05, 4.69) is 12.6 Å². The number of carbonyl (C=O) groups excluding carboxylic acids is 1. The molecule has 1 aliphatic heterocycles. The fraction of sp³-hybridized carbons (Fsp3) is 0.462. The first kappa shape index (κ1) is 14.0. The van der Waals surface area contributed by atoms with Gasteiger partial charge in [0.25, 0.3) is 0 Å². The molecule has 2 rings (SSSR count). The molecule has 6 heteroatoms. The van der Waals surface area contributed by atoms with Crippen LogP contribution < -0.4 is 0 Å². The van der Waals surface area contributed by atoms with E-state index >= 15 is 0 Å². The summed E-state index contributed by atoms with van der Waals surface area (Å²) in [4.78, 5) is 13.9. The van der Waals surface area contributed by atoms with Crippen molar-refractivity contribution in [3.8, 4) is 0 Å². The molecule has 2 atom stereocenters. The zero-order valence-electron chi connectivity index (χ0n) is 10.5. The molecule has 2 aliphatic rings. The lowest BCUT2D eigenvalue weighted by molar-refractivity contribution is -0.145. The largest absolute Gasteiger partial charge is 0.494 e. The maximum absolute atomic E-state index is 14.0. The Labute approximate surface area is 116 Å². The first-order valence-electron chi connectivity index (χ1n) is 6.02. The van der Waals surface area contributed by atoms with E-state index in [4.69, 9.17) is 4.74 Å². The number of aliphatic hydroxyl groups excluding tert-OH is 1. The molecule has 0 aromatic heterocycles. The highest BCUT2D eigenvalue weighted by Gasteiger charge is 2.38. The number of nitrogens with zero attached hydrogens (tertiary/aromatic N) is 1. The van der Waals surface area contributed by atoms with Crippen molar-refractivity contribution in [2.75, 3.05) is 13.7 Å². The average molecular weight is 285 g/mol. The summed E-state index contributed by atoms with van der Waals surface area (Å²) < 4.78 is 18.7. The Kier molecular flexibility index (Phi) is 4.19. The maximum Gasteiger partial charge on any atom is 0.333 e. The summed E-state index contributed by atoms with van der Waals surface area (Å²) in [6.07, 6.45) is 4.49. The van der Waals surface area contributed by atoms with Crippen LogP contribution in [0.1, 0.15) is 12.8 Å². The van der Waals surface area contributed by atoms with Crippen LogP contribution in [-0.4, -0.2) is 41.8 Å². The van der Waals surface area contributed by atoms with Crippen molar-refractivity contribution >= 4 is 18.6 Å². The number of alkyl halides is 1. The van der Waals surface area contributed by atoms with Crippen molar-refractivity contribution in [2.24, 2.45) is 0 Å². The third-order valence-electron chi connectivity index (χ3n) is 3.30. The van der Waals surface area contributed by atoms with E-state index in [9.17, 15) is 14.3 Å². The van der Waals surface area contributed by atoms with Gasteiger partial charge in [0.15, 0.2) is 11.9 Å². The fourth-order valence-corrected chi connectivity index (χ4v) is 2.52. The summed E-state index contributed by atoms with van der Waals surface area (Å²) in [5.74, 6) is -0.667. The molecule has 19 heavy (non-hydrogen) atoms. The molecule has 1 heterocycles. The Morgan fingerprint density at radius 2 is 2.42 bits per heavy atom. The second-order valence-corrected chi connectivity index (χ2v) is 4.98. The molecule has 1 aliphatic carbocycles. The summed E-state index contributed by atoms with van der Waals surface area (Å²) in [5, 5.41) is 9.94. The molecule has 0 radical (unpaired) electrons. The zero-order chi connectivity index (χ0) is 14.0. The monoisotopic (exact) mass is 285 g/mol. The first-order chi connectivity index (χ1) is 9.06. The number of hydrogen-bond donors (Lipinski definition) is 2. The summed E-state index contributed by atoms with van der Waals surface area (Å²) in [7, 11) is 1.25. The summed E-state index contributed by atoms with van der Waals surface area (Å²) in [5.41, 5.74) is 0.309. The van der Waals surface area contributed by atoms with Gasteiger partial charge in [-0.1, -0.05) is 18.2 Å². The van der Waals surface area contributed by atoms with E-state index < -0.39 is 18.2 Å². The van der Waals surface area contributed by atoms with Crippen molar-refractivity contribution in [3.05, 3.63) is 34.6 Å². The van der Waals surface area contributed by atoms with Crippen LogP contribution in [0.4, 0.5) is 4.39 Å². The van der Waals surface area contributed by atoms with Crippen molar-refractivity contribution in [3.63, 3.8) is 0 Å². The van der Waals surface area contributed by atoms with E-state index in [-0.39, 0.29) is 12.3 Å². The summed E-state index contributed by atoms with van der Waals surface area (Å²) in [6, 6.07) is -0.936. The molecule has 0 spiro atoms. The van der Waals surface area contributed by atoms with Crippen LogP contribution in [0.3, 0.4) is 0 Å². The number of aliphatic hydroxyl groups is 1. The fourth-order valence-electron chi connectivity index (χ4n) is 2.30. The van der Waals surface area contributed by atoms with Gasteiger partial charge in [-0.3, -0.25) is 0 Å². The number of ether oxygens (including phenoxy) is 1. The Morgan fingerprint density at radius 3 is 2.95 bits per heavy atom. The van der Waals surface area contributed by atoms with E-state index in [1.807, 2.05) is 0 Å². The minimum Gasteiger partial charge on any atom is -0.494 e. The van der Waals surface area contributed by atoms with Gasteiger partial charge in [0, 0.05) is 24.3 Å². The predicted octanol–water partition coefficient (Wildman–Crippen LogP) is 2.11. The summed E-state index contributed by atoms with van der Waals surface area (Å²) >= 11 is 4.13. The number of thiol groups is 1. The molecule has 0 amide bonds. The highest BCUT2D eigenvalue weighted by molar-refractivity contribution is 7.84. The molecule has 1 N–H and O–H groups in total. The quantitative estimate of drug-likeness (QED) is 0.616. The maximum atomic E-state index is 14.0. The van der Waals surface area contributed by atoms with Crippen LogP contribution in [0, 0.1) is 0 Å². The Balaban J connectivity index is 2.35. The number of hydrogen-bond acceptors (Lipinski definition) is 5. The van der Waals surface area contributed by atoms with Crippen LogP contribution >= 0.6 is 12.6 Å². The number of allylic oxidation sites excluding steroid dienone is 3. The predicted molar refractivity (Wildman–Crippen MR) is 72.5 cm³/mol. The van der Waals surface area contributed by atoms with E-state index in [1.54, 1.807) is 18.2 Å². The Hall–Kier alpha value is -1.43. The lowest BCUT2D eigenvalue weighted by Crippen LogP contribution is -2.43. The van der Waals surface area contributed by atoms with Gasteiger partial charge in [-0.15, -0.1) is 12.6 Å². The smallest absolute Gasteiger partial charge is 0.333 e. The van der Waals surface area contributed by atoms with Gasteiger partial charge in [-0.2, -0.15) is 0 Å². The molecule has 1 unspecified atom stereocenters. The molecular formula is C13H16FNO3S. The van der Waals surface area contributed by atoms with Crippen LogP contribution in [0.2, 0.25) is 0 Å². The van der Waals surface area contributed by atoms with Gasteiger partial charge < -0.3 is 14.7 Å². The third-order valence-corrected chi connectivity index (χ3v) is 3.72. The van der Waals surface area contributed by atoms with Crippen LogP contribution in [0.5, 0.6) is 0 Å². The van der Waals surface area contributed by atoms with Crippen LogP contribution in [0.15, 0.2) is 34.6 Å². The standard InChI is InChI=1S/C13H16FNO3S/c1-18-13(17)11(8-4-2-3-5-9(8)14)15-7-6-10(19)12(15)16/h2-4,9,11,16,19H,5-7H2,1H3/t9?,11-/m0/s1. The van der Waals surface area contributed by atoms with Gasteiger partial charge in [-0.25, -0.2) is 9.18 Å². The lowest BCUT2D eigenvalue weighted by atomic mass is 9.95. The Bertz CT molecular complexity index is 473. The highest BCUT2D eigenvalue weighted by Crippen LogP contribution is 2.32. The number of rotatable bonds is 3. The van der Waals surface area contributed by atoms with Crippen molar-refractivity contribution in [1.29, 1.82) is 0 Å². The van der Waals surface area contributed by atoms with E-state index in [0.29, 0.717) is 23.4 Å². The number of carbonyl (C=O) groups is 1. The minimum atomic E-state index is -1.24. The number of halogens is 1. The van der Waals surface area contributed by atoms with Gasteiger partial charge in [0.2, 0.25) is 0 Å². The second-order valence-electron chi connectivity index (χ2n) is 4.44. The van der Waals surface area contributed by atoms with E-state index in [0.717, 1.165) is 0 Å². The van der Waals surface area contributed by atoms with Crippen molar-refractivity contribution < 1.29 is 19.0 Å². The molecule has 0 fully saturated rings. The molecule has 0 saturated heterocycles. The topological polar surface area (TPSA) is 49.8 Å². The molecule has 4 nitrogen and oxygen atoms in total. The minimum absolute atomic E-state index is 0.0820. The molecular weight excluding hydrogens is 269 g/mol. The van der Waals surface area contributed by atoms with Crippen LogP contribution in [-0.2, 0) is 9.53 Å². The zero-order valence-corrected chi connectivity index (χ0v) is 11.4. The molecule has 0 bridgehead atoms. The summed E-state index contributed by atoms with van der Waals surface area (Å²) in [6.45, 7) is 0.415. The van der Waals surface area contributed by atoms with Gasteiger partial charge in [0.05, 0.1) is 7.11 Å².